The molecule has 2 nitrogen and oxygen atoms in total. The zero-order valence-corrected chi connectivity index (χ0v) is 6.49. The van der Waals surface area contributed by atoms with Crippen molar-refractivity contribution in [2.24, 2.45) is 0 Å². The van der Waals surface area contributed by atoms with E-state index in [2.05, 4.69) is 31.4 Å². The molecule has 0 aromatic rings. The number of piperazine rings is 1. The van der Waals surface area contributed by atoms with Crippen LogP contribution in [0.5, 0.6) is 0 Å². The van der Waals surface area contributed by atoms with Gasteiger partial charge in [-0.2, -0.15) is 0 Å². The Bertz CT molecular complexity index is 89.1. The van der Waals surface area contributed by atoms with Gasteiger partial charge in [-0.1, -0.05) is 0 Å². The number of hydrogen-bond donors (Lipinski definition) is 2. The Kier molecular flexibility index (Phi) is 1.78. The second-order valence-electron chi connectivity index (χ2n) is 3.55. The van der Waals surface area contributed by atoms with Crippen molar-refractivity contribution < 1.29 is 0 Å². The molecule has 1 fully saturated rings. The molecule has 1 aliphatic heterocycles. The van der Waals surface area contributed by atoms with Crippen LogP contribution in [0, 0.1) is 0 Å². The van der Waals surface area contributed by atoms with Crippen molar-refractivity contribution in [1.82, 2.24) is 10.6 Å². The first-order chi connectivity index (χ1) is 4.10. The third-order valence-electron chi connectivity index (χ3n) is 1.78. The molecule has 0 aliphatic carbocycles. The van der Waals surface area contributed by atoms with Gasteiger partial charge >= 0.3 is 0 Å². The molecule has 2 N–H and O–H groups in total. The summed E-state index contributed by atoms with van der Waals surface area (Å²) in [6, 6.07) is 0.637. The third-order valence-corrected chi connectivity index (χ3v) is 1.78. The summed E-state index contributed by atoms with van der Waals surface area (Å²) in [7, 11) is 0. The zero-order chi connectivity index (χ0) is 6.91. The molecule has 1 saturated heterocycles. The Morgan fingerprint density at radius 3 is 2.44 bits per heavy atom. The van der Waals surface area contributed by atoms with E-state index in [1.807, 2.05) is 0 Å². The largest absolute Gasteiger partial charge is 0.311 e. The summed E-state index contributed by atoms with van der Waals surface area (Å²) in [5, 5.41) is 6.86. The van der Waals surface area contributed by atoms with E-state index in [0.717, 1.165) is 13.1 Å². The number of rotatable bonds is 0. The molecule has 1 unspecified atom stereocenters. The zero-order valence-electron chi connectivity index (χ0n) is 6.49. The van der Waals surface area contributed by atoms with E-state index in [1.165, 1.54) is 0 Å². The van der Waals surface area contributed by atoms with E-state index in [9.17, 15) is 0 Å². The summed E-state index contributed by atoms with van der Waals surface area (Å²) in [4.78, 5) is 0. The molecule has 0 saturated carbocycles. The van der Waals surface area contributed by atoms with Gasteiger partial charge in [-0.3, -0.25) is 0 Å². The molecule has 1 aliphatic rings. The highest BCUT2D eigenvalue weighted by Crippen LogP contribution is 2.04. The minimum Gasteiger partial charge on any atom is -0.311 e. The molecule has 0 aromatic heterocycles. The highest BCUT2D eigenvalue weighted by atomic mass is 15.1. The average Bonchev–Trinajstić information content (AvgIpc) is 1.78. The molecule has 0 aromatic carbocycles. The molecule has 0 amide bonds. The van der Waals surface area contributed by atoms with E-state index in [-0.39, 0.29) is 0 Å². The Balaban J connectivity index is 2.35. The lowest BCUT2D eigenvalue weighted by Gasteiger charge is -2.35. The molecule has 1 rings (SSSR count). The van der Waals surface area contributed by atoms with Crippen LogP contribution in [0.15, 0.2) is 0 Å². The standard InChI is InChI=1S/C7H16N2/c1-6-4-9-7(2,3)5-8-6/h6,8-9H,4-5H2,1-3H3. The average molecular weight is 128 g/mol. The van der Waals surface area contributed by atoms with Crippen molar-refractivity contribution in [3.05, 3.63) is 0 Å². The predicted molar refractivity (Wildman–Crippen MR) is 39.5 cm³/mol. The minimum absolute atomic E-state index is 0.298. The fourth-order valence-corrected chi connectivity index (χ4v) is 0.993. The Morgan fingerprint density at radius 2 is 2.11 bits per heavy atom. The van der Waals surface area contributed by atoms with Crippen molar-refractivity contribution in [2.75, 3.05) is 13.1 Å². The maximum absolute atomic E-state index is 3.45. The molecule has 2 heteroatoms. The summed E-state index contributed by atoms with van der Waals surface area (Å²) in [6.07, 6.45) is 0. The second kappa shape index (κ2) is 2.27. The molecule has 1 heterocycles. The Labute approximate surface area is 57.0 Å². The number of hydrogen-bond acceptors (Lipinski definition) is 2. The van der Waals surface area contributed by atoms with Crippen molar-refractivity contribution in [1.29, 1.82) is 0 Å². The first kappa shape index (κ1) is 7.03. The smallest absolute Gasteiger partial charge is 0.0250 e. The fraction of sp³-hybridized carbons (Fsp3) is 1.00. The van der Waals surface area contributed by atoms with Crippen LogP contribution in [-0.2, 0) is 0 Å². The van der Waals surface area contributed by atoms with Gasteiger partial charge in [0.1, 0.15) is 0 Å². The molecule has 1 atom stereocenters. The van der Waals surface area contributed by atoms with E-state index in [0.29, 0.717) is 11.6 Å². The molecule has 0 spiro atoms. The van der Waals surface area contributed by atoms with Gasteiger partial charge in [0.05, 0.1) is 0 Å². The molecule has 9 heavy (non-hydrogen) atoms. The topological polar surface area (TPSA) is 24.1 Å². The summed E-state index contributed by atoms with van der Waals surface area (Å²) >= 11 is 0. The van der Waals surface area contributed by atoms with Crippen LogP contribution in [0.2, 0.25) is 0 Å². The van der Waals surface area contributed by atoms with Gasteiger partial charge in [-0.15, -0.1) is 0 Å². The summed E-state index contributed by atoms with van der Waals surface area (Å²) in [5.74, 6) is 0. The predicted octanol–water partition coefficient (Wildman–Crippen LogP) is 0.346. The van der Waals surface area contributed by atoms with E-state index >= 15 is 0 Å². The molecule has 54 valence electrons. The Hall–Kier alpha value is -0.0800. The van der Waals surface area contributed by atoms with Crippen molar-refractivity contribution >= 4 is 0 Å². The highest BCUT2D eigenvalue weighted by molar-refractivity contribution is 4.87. The van der Waals surface area contributed by atoms with Crippen LogP contribution in [0.25, 0.3) is 0 Å². The van der Waals surface area contributed by atoms with Crippen LogP contribution in [0.4, 0.5) is 0 Å². The molecular formula is C7H16N2. The monoisotopic (exact) mass is 128 g/mol. The van der Waals surface area contributed by atoms with Gasteiger partial charge in [-0.05, 0) is 20.8 Å². The lowest BCUT2D eigenvalue weighted by Crippen LogP contribution is -2.58. The summed E-state index contributed by atoms with van der Waals surface area (Å²) < 4.78 is 0. The first-order valence-electron chi connectivity index (χ1n) is 3.58. The fourth-order valence-electron chi connectivity index (χ4n) is 0.993. The Morgan fingerprint density at radius 1 is 1.44 bits per heavy atom. The van der Waals surface area contributed by atoms with Gasteiger partial charge < -0.3 is 10.6 Å². The highest BCUT2D eigenvalue weighted by Gasteiger charge is 2.22. The van der Waals surface area contributed by atoms with E-state index in [1.54, 1.807) is 0 Å². The molecular weight excluding hydrogens is 112 g/mol. The third kappa shape index (κ3) is 1.95. The molecule has 0 bridgehead atoms. The van der Waals surface area contributed by atoms with Gasteiger partial charge in [-0.25, -0.2) is 0 Å². The normalized spacial score (nSPS) is 34.3. The van der Waals surface area contributed by atoms with E-state index in [4.69, 9.17) is 0 Å². The summed E-state index contributed by atoms with van der Waals surface area (Å²) in [5.41, 5.74) is 0.298. The van der Waals surface area contributed by atoms with Crippen molar-refractivity contribution in [3.8, 4) is 0 Å². The quantitative estimate of drug-likeness (QED) is 0.492. The van der Waals surface area contributed by atoms with Gasteiger partial charge in [0.25, 0.3) is 0 Å². The van der Waals surface area contributed by atoms with Crippen LogP contribution in [0.1, 0.15) is 20.8 Å². The van der Waals surface area contributed by atoms with Gasteiger partial charge in [0.15, 0.2) is 0 Å². The van der Waals surface area contributed by atoms with Gasteiger partial charge in [0, 0.05) is 24.7 Å². The maximum atomic E-state index is 3.45. The van der Waals surface area contributed by atoms with Gasteiger partial charge in [0.2, 0.25) is 0 Å². The SMILES string of the molecule is CC1CNC(C)(C)CN1. The number of nitrogens with one attached hydrogen (secondary N) is 2. The van der Waals surface area contributed by atoms with Crippen LogP contribution < -0.4 is 10.6 Å². The van der Waals surface area contributed by atoms with Crippen molar-refractivity contribution in [3.63, 3.8) is 0 Å². The van der Waals surface area contributed by atoms with Crippen LogP contribution >= 0.6 is 0 Å². The lowest BCUT2D eigenvalue weighted by atomic mass is 10.0. The minimum atomic E-state index is 0.298. The first-order valence-corrected chi connectivity index (χ1v) is 3.58. The summed E-state index contributed by atoms with van der Waals surface area (Å²) in [6.45, 7) is 8.79. The molecule has 0 radical (unpaired) electrons. The van der Waals surface area contributed by atoms with Crippen LogP contribution in [0.3, 0.4) is 0 Å². The van der Waals surface area contributed by atoms with E-state index < -0.39 is 0 Å². The maximum Gasteiger partial charge on any atom is 0.0250 e. The van der Waals surface area contributed by atoms with Crippen molar-refractivity contribution in [2.45, 2.75) is 32.4 Å². The lowest BCUT2D eigenvalue weighted by molar-refractivity contribution is 0.282. The van der Waals surface area contributed by atoms with Crippen LogP contribution in [-0.4, -0.2) is 24.7 Å². The second-order valence-corrected chi connectivity index (χ2v) is 3.55.